The lowest BCUT2D eigenvalue weighted by atomic mass is 10.4. The van der Waals surface area contributed by atoms with Crippen LogP contribution in [0.2, 0.25) is 0 Å². The summed E-state index contributed by atoms with van der Waals surface area (Å²) in [5.74, 6) is 9.65. The van der Waals surface area contributed by atoms with E-state index in [1.165, 1.54) is 12.8 Å². The zero-order valence-corrected chi connectivity index (χ0v) is 11.7. The molecule has 1 aromatic heterocycles. The molecular formula is C11H19N7S. The van der Waals surface area contributed by atoms with Crippen molar-refractivity contribution in [1.82, 2.24) is 15.0 Å². The van der Waals surface area contributed by atoms with Crippen LogP contribution in [0.5, 0.6) is 0 Å². The monoisotopic (exact) mass is 281 g/mol. The molecule has 0 aliphatic carbocycles. The SMILES string of the molecule is NNc1nc(N2CCCC2)nc(N2CCSCC2)n1. The van der Waals surface area contributed by atoms with Crippen molar-refractivity contribution < 1.29 is 0 Å². The molecule has 3 N–H and O–H groups in total. The number of nitrogens with one attached hydrogen (secondary N) is 1. The summed E-state index contributed by atoms with van der Waals surface area (Å²) in [6, 6.07) is 0. The molecule has 104 valence electrons. The summed E-state index contributed by atoms with van der Waals surface area (Å²) in [4.78, 5) is 17.8. The first-order valence-corrected chi connectivity index (χ1v) is 7.82. The molecule has 0 radical (unpaired) electrons. The average Bonchev–Trinajstić information content (AvgIpc) is 3.02. The van der Waals surface area contributed by atoms with Gasteiger partial charge in [0.25, 0.3) is 0 Å². The zero-order chi connectivity index (χ0) is 13.1. The molecule has 2 fully saturated rings. The Morgan fingerprint density at radius 1 is 0.895 bits per heavy atom. The van der Waals surface area contributed by atoms with Gasteiger partial charge in [0.15, 0.2) is 0 Å². The van der Waals surface area contributed by atoms with E-state index in [2.05, 4.69) is 30.2 Å². The number of thioether (sulfide) groups is 1. The predicted molar refractivity (Wildman–Crippen MR) is 78.6 cm³/mol. The van der Waals surface area contributed by atoms with E-state index in [9.17, 15) is 0 Å². The molecular weight excluding hydrogens is 262 g/mol. The molecule has 0 spiro atoms. The summed E-state index contributed by atoms with van der Waals surface area (Å²) in [6.45, 7) is 4.00. The van der Waals surface area contributed by atoms with E-state index in [0.717, 1.165) is 49.6 Å². The Bertz CT molecular complexity index is 429. The van der Waals surface area contributed by atoms with Gasteiger partial charge in [-0.3, -0.25) is 5.43 Å². The smallest absolute Gasteiger partial charge is 0.243 e. The first-order valence-electron chi connectivity index (χ1n) is 6.67. The lowest BCUT2D eigenvalue weighted by Gasteiger charge is -2.27. The van der Waals surface area contributed by atoms with E-state index < -0.39 is 0 Å². The second-order valence-electron chi connectivity index (χ2n) is 4.70. The highest BCUT2D eigenvalue weighted by molar-refractivity contribution is 7.99. The molecule has 0 atom stereocenters. The van der Waals surface area contributed by atoms with Gasteiger partial charge in [0, 0.05) is 37.7 Å². The van der Waals surface area contributed by atoms with E-state index in [0.29, 0.717) is 5.95 Å². The third kappa shape index (κ3) is 2.84. The van der Waals surface area contributed by atoms with Gasteiger partial charge in [-0.2, -0.15) is 26.7 Å². The molecule has 0 bridgehead atoms. The third-order valence-corrected chi connectivity index (χ3v) is 4.37. The molecule has 2 aliphatic heterocycles. The van der Waals surface area contributed by atoms with Gasteiger partial charge in [0.2, 0.25) is 17.8 Å². The molecule has 0 unspecified atom stereocenters. The van der Waals surface area contributed by atoms with Crippen molar-refractivity contribution in [1.29, 1.82) is 0 Å². The summed E-state index contributed by atoms with van der Waals surface area (Å²) in [6.07, 6.45) is 2.40. The van der Waals surface area contributed by atoms with Crippen molar-refractivity contribution >= 4 is 29.6 Å². The number of rotatable bonds is 3. The Morgan fingerprint density at radius 2 is 1.47 bits per heavy atom. The Morgan fingerprint density at radius 3 is 2.05 bits per heavy atom. The van der Waals surface area contributed by atoms with Gasteiger partial charge >= 0.3 is 0 Å². The minimum absolute atomic E-state index is 0.449. The van der Waals surface area contributed by atoms with Crippen LogP contribution in [0.25, 0.3) is 0 Å². The summed E-state index contributed by atoms with van der Waals surface area (Å²) >= 11 is 1.97. The standard InChI is InChI=1S/C11H19N7S/c12-16-9-13-10(17-3-1-2-4-17)15-11(14-9)18-5-7-19-8-6-18/h1-8,12H2,(H,13,14,15,16). The minimum atomic E-state index is 0.449. The molecule has 3 rings (SSSR count). The van der Waals surface area contributed by atoms with E-state index in [-0.39, 0.29) is 0 Å². The van der Waals surface area contributed by atoms with Gasteiger partial charge in [-0.25, -0.2) is 5.84 Å². The van der Waals surface area contributed by atoms with Crippen LogP contribution < -0.4 is 21.1 Å². The van der Waals surface area contributed by atoms with E-state index in [1.54, 1.807) is 0 Å². The molecule has 0 aromatic carbocycles. The maximum Gasteiger partial charge on any atom is 0.243 e. The third-order valence-electron chi connectivity index (χ3n) is 3.42. The number of nitrogens with zero attached hydrogens (tertiary/aromatic N) is 5. The maximum absolute atomic E-state index is 5.47. The number of hydrogen-bond acceptors (Lipinski definition) is 8. The van der Waals surface area contributed by atoms with Crippen LogP contribution in [0, 0.1) is 0 Å². The molecule has 7 nitrogen and oxygen atoms in total. The van der Waals surface area contributed by atoms with Gasteiger partial charge in [0.1, 0.15) is 0 Å². The van der Waals surface area contributed by atoms with Crippen LogP contribution in [0.1, 0.15) is 12.8 Å². The number of hydrogen-bond donors (Lipinski definition) is 2. The van der Waals surface area contributed by atoms with E-state index >= 15 is 0 Å². The zero-order valence-electron chi connectivity index (χ0n) is 10.9. The molecule has 1 aromatic rings. The van der Waals surface area contributed by atoms with Crippen LogP contribution in [0.15, 0.2) is 0 Å². The van der Waals surface area contributed by atoms with Gasteiger partial charge in [-0.1, -0.05) is 0 Å². The Hall–Kier alpha value is -1.28. The van der Waals surface area contributed by atoms with E-state index in [1.807, 2.05) is 11.8 Å². The Balaban J connectivity index is 1.87. The number of anilines is 3. The van der Waals surface area contributed by atoms with E-state index in [4.69, 9.17) is 5.84 Å². The topological polar surface area (TPSA) is 83.2 Å². The number of aromatic nitrogens is 3. The molecule has 2 saturated heterocycles. The van der Waals surface area contributed by atoms with Gasteiger partial charge < -0.3 is 9.80 Å². The molecule has 19 heavy (non-hydrogen) atoms. The highest BCUT2D eigenvalue weighted by atomic mass is 32.2. The van der Waals surface area contributed by atoms with Crippen molar-refractivity contribution in [2.24, 2.45) is 5.84 Å². The fourth-order valence-corrected chi connectivity index (χ4v) is 3.28. The second-order valence-corrected chi connectivity index (χ2v) is 5.92. The van der Waals surface area contributed by atoms with Crippen LogP contribution in [0.4, 0.5) is 17.8 Å². The lowest BCUT2D eigenvalue weighted by molar-refractivity contribution is 0.793. The first-order chi connectivity index (χ1) is 9.36. The van der Waals surface area contributed by atoms with Crippen molar-refractivity contribution in [3.8, 4) is 0 Å². The highest BCUT2D eigenvalue weighted by Crippen LogP contribution is 2.21. The summed E-state index contributed by atoms with van der Waals surface area (Å²) in [7, 11) is 0. The van der Waals surface area contributed by atoms with Crippen molar-refractivity contribution in [2.45, 2.75) is 12.8 Å². The number of hydrazine groups is 1. The summed E-state index contributed by atoms with van der Waals surface area (Å²) in [5.41, 5.74) is 2.55. The number of nitrogen functional groups attached to an aromatic ring is 1. The lowest BCUT2D eigenvalue weighted by Crippen LogP contribution is -2.35. The van der Waals surface area contributed by atoms with Gasteiger partial charge in [-0.15, -0.1) is 0 Å². The van der Waals surface area contributed by atoms with Crippen molar-refractivity contribution in [3.63, 3.8) is 0 Å². The van der Waals surface area contributed by atoms with Crippen molar-refractivity contribution in [2.75, 3.05) is 52.9 Å². The minimum Gasteiger partial charge on any atom is -0.341 e. The maximum atomic E-state index is 5.47. The molecule has 3 heterocycles. The number of nitrogens with two attached hydrogens (primary N) is 1. The quantitative estimate of drug-likeness (QED) is 0.605. The Labute approximate surface area is 117 Å². The molecule has 2 aliphatic rings. The summed E-state index contributed by atoms with van der Waals surface area (Å²) < 4.78 is 0. The van der Waals surface area contributed by atoms with Crippen LogP contribution in [-0.2, 0) is 0 Å². The van der Waals surface area contributed by atoms with Gasteiger partial charge in [0.05, 0.1) is 0 Å². The largest absolute Gasteiger partial charge is 0.341 e. The summed E-state index contributed by atoms with van der Waals surface area (Å²) in [5, 5.41) is 0. The highest BCUT2D eigenvalue weighted by Gasteiger charge is 2.20. The molecule has 8 heteroatoms. The molecule has 0 amide bonds. The van der Waals surface area contributed by atoms with Crippen LogP contribution >= 0.6 is 11.8 Å². The van der Waals surface area contributed by atoms with Crippen LogP contribution in [-0.4, -0.2) is 52.6 Å². The average molecular weight is 281 g/mol. The fraction of sp³-hybridized carbons (Fsp3) is 0.727. The van der Waals surface area contributed by atoms with Gasteiger partial charge in [-0.05, 0) is 12.8 Å². The van der Waals surface area contributed by atoms with Crippen LogP contribution in [0.3, 0.4) is 0 Å². The Kier molecular flexibility index (Phi) is 3.88. The second kappa shape index (κ2) is 5.79. The molecule has 0 saturated carbocycles. The van der Waals surface area contributed by atoms with Crippen molar-refractivity contribution in [3.05, 3.63) is 0 Å². The normalized spacial score (nSPS) is 19.8. The fourth-order valence-electron chi connectivity index (χ4n) is 2.38. The first kappa shape index (κ1) is 12.7. The predicted octanol–water partition coefficient (Wildman–Crippen LogP) is 0.311.